The van der Waals surface area contributed by atoms with Crippen LogP contribution in [0.1, 0.15) is 52.6 Å². The summed E-state index contributed by atoms with van der Waals surface area (Å²) in [7, 11) is 0. The molecule has 0 spiro atoms. The molecular weight excluding hydrogens is 262 g/mol. The van der Waals surface area contributed by atoms with Crippen LogP contribution in [0.4, 0.5) is 0 Å². The highest BCUT2D eigenvalue weighted by Crippen LogP contribution is 2.25. The molecule has 4 nitrogen and oxygen atoms in total. The molecule has 2 rings (SSSR count). The number of amides is 1. The highest BCUT2D eigenvalue weighted by molar-refractivity contribution is 7.12. The molecule has 1 aromatic rings. The lowest BCUT2D eigenvalue weighted by molar-refractivity contribution is 0.0876. The Balaban J connectivity index is 2.01. The van der Waals surface area contributed by atoms with Gasteiger partial charge in [-0.25, -0.2) is 0 Å². The number of Topliss-reactive ketones (excluding diaryl/α,β-unsaturated/α-hetero) is 1. The molecule has 0 aliphatic heterocycles. The predicted molar refractivity (Wildman–Crippen MR) is 74.6 cm³/mol. The van der Waals surface area contributed by atoms with Crippen molar-refractivity contribution in [2.24, 2.45) is 5.92 Å². The van der Waals surface area contributed by atoms with Crippen LogP contribution in [0.2, 0.25) is 0 Å². The van der Waals surface area contributed by atoms with E-state index in [4.69, 9.17) is 0 Å². The molecule has 19 heavy (non-hydrogen) atoms. The number of rotatable bonds is 4. The van der Waals surface area contributed by atoms with Gasteiger partial charge in [0.15, 0.2) is 5.78 Å². The monoisotopic (exact) mass is 281 g/mol. The molecule has 2 N–H and O–H groups in total. The highest BCUT2D eigenvalue weighted by Gasteiger charge is 2.26. The molecule has 2 unspecified atom stereocenters. The Morgan fingerprint density at radius 3 is 2.79 bits per heavy atom. The van der Waals surface area contributed by atoms with E-state index in [0.29, 0.717) is 10.4 Å². The van der Waals surface area contributed by atoms with E-state index in [-0.39, 0.29) is 30.3 Å². The van der Waals surface area contributed by atoms with Crippen molar-refractivity contribution >= 4 is 23.0 Å². The third-order valence-electron chi connectivity index (χ3n) is 3.69. The summed E-state index contributed by atoms with van der Waals surface area (Å²) in [5.41, 5.74) is 0.581. The van der Waals surface area contributed by atoms with Gasteiger partial charge in [-0.15, -0.1) is 11.3 Å². The normalized spacial score (nSPS) is 23.1. The molecule has 1 aromatic heterocycles. The lowest BCUT2D eigenvalue weighted by Gasteiger charge is -2.30. The Morgan fingerprint density at radius 1 is 1.42 bits per heavy atom. The van der Waals surface area contributed by atoms with E-state index in [9.17, 15) is 14.7 Å². The van der Waals surface area contributed by atoms with Crippen molar-refractivity contribution in [2.45, 2.75) is 38.6 Å². The van der Waals surface area contributed by atoms with E-state index in [1.54, 1.807) is 11.4 Å². The summed E-state index contributed by atoms with van der Waals surface area (Å²) < 4.78 is 0. The topological polar surface area (TPSA) is 66.4 Å². The predicted octanol–water partition coefficient (Wildman–Crippen LogP) is 2.23. The molecule has 1 saturated carbocycles. The van der Waals surface area contributed by atoms with Crippen LogP contribution < -0.4 is 5.32 Å². The summed E-state index contributed by atoms with van der Waals surface area (Å²) in [5.74, 6) is -0.00556. The average Bonchev–Trinajstić information content (AvgIpc) is 2.89. The number of aliphatic hydroxyl groups excluding tert-OH is 1. The maximum absolute atomic E-state index is 12.1. The molecule has 1 amide bonds. The average molecular weight is 281 g/mol. The maximum Gasteiger partial charge on any atom is 0.261 e. The summed E-state index contributed by atoms with van der Waals surface area (Å²) in [6, 6.07) is 1.69. The first-order chi connectivity index (χ1) is 9.11. The number of ketones is 1. The fourth-order valence-corrected chi connectivity index (χ4v) is 3.34. The Morgan fingerprint density at radius 2 is 2.16 bits per heavy atom. The first-order valence-electron chi connectivity index (χ1n) is 6.63. The van der Waals surface area contributed by atoms with Gasteiger partial charge < -0.3 is 10.4 Å². The van der Waals surface area contributed by atoms with E-state index < -0.39 is 0 Å². The molecule has 0 radical (unpaired) electrons. The third-order valence-corrected chi connectivity index (χ3v) is 4.62. The highest BCUT2D eigenvalue weighted by atomic mass is 32.1. The minimum absolute atomic E-state index is 0.0267. The molecule has 2 atom stereocenters. The number of aliphatic hydroxyl groups is 1. The van der Waals surface area contributed by atoms with Gasteiger partial charge >= 0.3 is 0 Å². The van der Waals surface area contributed by atoms with Crippen LogP contribution in [0, 0.1) is 5.92 Å². The van der Waals surface area contributed by atoms with Gasteiger partial charge in [-0.05, 0) is 25.8 Å². The van der Waals surface area contributed by atoms with Gasteiger partial charge in [0.2, 0.25) is 0 Å². The van der Waals surface area contributed by atoms with Crippen molar-refractivity contribution in [3.05, 3.63) is 21.9 Å². The fraction of sp³-hybridized carbons (Fsp3) is 0.571. The summed E-state index contributed by atoms with van der Waals surface area (Å²) in [5, 5.41) is 14.0. The molecule has 1 aliphatic carbocycles. The molecule has 1 aliphatic rings. The van der Waals surface area contributed by atoms with Crippen LogP contribution in [-0.2, 0) is 0 Å². The van der Waals surface area contributed by atoms with E-state index in [1.165, 1.54) is 18.3 Å². The fourth-order valence-electron chi connectivity index (χ4n) is 2.50. The summed E-state index contributed by atoms with van der Waals surface area (Å²) in [6.07, 6.45) is 4.09. The smallest absolute Gasteiger partial charge is 0.261 e. The second-order valence-corrected chi connectivity index (χ2v) is 5.97. The molecular formula is C14H19NO3S. The summed E-state index contributed by atoms with van der Waals surface area (Å²) in [6.45, 7) is 1.61. The van der Waals surface area contributed by atoms with Crippen LogP contribution in [0.15, 0.2) is 11.4 Å². The standard InChI is InChI=1S/C14H19NO3S/c1-9(17)11-6-13(19-8-11)14(18)15-12-5-3-2-4-10(12)7-16/h6,8,10,12,16H,2-5,7H2,1H3,(H,15,18). The van der Waals surface area contributed by atoms with Crippen LogP contribution >= 0.6 is 11.3 Å². The summed E-state index contributed by atoms with van der Waals surface area (Å²) in [4.78, 5) is 23.9. The van der Waals surface area contributed by atoms with E-state index in [1.807, 2.05) is 0 Å². The van der Waals surface area contributed by atoms with E-state index in [0.717, 1.165) is 25.7 Å². The van der Waals surface area contributed by atoms with Gasteiger partial charge in [-0.2, -0.15) is 0 Å². The molecule has 0 bridgehead atoms. The largest absolute Gasteiger partial charge is 0.396 e. The number of hydrogen-bond acceptors (Lipinski definition) is 4. The van der Waals surface area contributed by atoms with E-state index >= 15 is 0 Å². The number of nitrogens with one attached hydrogen (secondary N) is 1. The number of thiophene rings is 1. The Kier molecular flexibility index (Phi) is 4.71. The number of carbonyl (C=O) groups is 2. The lowest BCUT2D eigenvalue weighted by atomic mass is 9.85. The van der Waals surface area contributed by atoms with Gasteiger partial charge in [0.25, 0.3) is 5.91 Å². The van der Waals surface area contributed by atoms with Gasteiger partial charge in [-0.3, -0.25) is 9.59 Å². The van der Waals surface area contributed by atoms with Gasteiger partial charge in [-0.1, -0.05) is 12.8 Å². The second-order valence-electron chi connectivity index (χ2n) is 5.06. The Bertz CT molecular complexity index is 469. The van der Waals surface area contributed by atoms with Gasteiger partial charge in [0, 0.05) is 29.5 Å². The zero-order valence-corrected chi connectivity index (χ0v) is 11.8. The molecule has 5 heteroatoms. The maximum atomic E-state index is 12.1. The SMILES string of the molecule is CC(=O)c1csc(C(=O)NC2CCCCC2CO)c1. The zero-order valence-electron chi connectivity index (χ0n) is 11.0. The van der Waals surface area contributed by atoms with Gasteiger partial charge in [0.05, 0.1) is 4.88 Å². The minimum atomic E-state index is -0.136. The van der Waals surface area contributed by atoms with Crippen LogP contribution in [0.25, 0.3) is 0 Å². The molecule has 1 fully saturated rings. The summed E-state index contributed by atoms with van der Waals surface area (Å²) >= 11 is 1.29. The van der Waals surface area contributed by atoms with Gasteiger partial charge in [0.1, 0.15) is 0 Å². The first-order valence-corrected chi connectivity index (χ1v) is 7.51. The van der Waals surface area contributed by atoms with Crippen molar-refractivity contribution in [3.8, 4) is 0 Å². The quantitative estimate of drug-likeness (QED) is 0.832. The lowest BCUT2D eigenvalue weighted by Crippen LogP contribution is -2.43. The third kappa shape index (κ3) is 3.42. The first kappa shape index (κ1) is 14.2. The Hall–Kier alpha value is -1.20. The van der Waals surface area contributed by atoms with E-state index in [2.05, 4.69) is 5.32 Å². The number of hydrogen-bond donors (Lipinski definition) is 2. The van der Waals surface area contributed by atoms with Crippen molar-refractivity contribution in [1.82, 2.24) is 5.32 Å². The minimum Gasteiger partial charge on any atom is -0.396 e. The Labute approximate surface area is 116 Å². The van der Waals surface area contributed by atoms with Crippen LogP contribution in [0.3, 0.4) is 0 Å². The van der Waals surface area contributed by atoms with Crippen molar-refractivity contribution in [3.63, 3.8) is 0 Å². The zero-order chi connectivity index (χ0) is 13.8. The molecule has 104 valence electrons. The van der Waals surface area contributed by atoms with Crippen molar-refractivity contribution < 1.29 is 14.7 Å². The molecule has 0 aromatic carbocycles. The molecule has 0 saturated heterocycles. The number of carbonyl (C=O) groups excluding carboxylic acids is 2. The molecule has 1 heterocycles. The van der Waals surface area contributed by atoms with Crippen LogP contribution in [0.5, 0.6) is 0 Å². The second kappa shape index (κ2) is 6.30. The van der Waals surface area contributed by atoms with Crippen molar-refractivity contribution in [1.29, 1.82) is 0 Å². The van der Waals surface area contributed by atoms with Crippen molar-refractivity contribution in [2.75, 3.05) is 6.61 Å². The van der Waals surface area contributed by atoms with Crippen LogP contribution in [-0.4, -0.2) is 29.4 Å².